The summed E-state index contributed by atoms with van der Waals surface area (Å²) < 4.78 is 0. The van der Waals surface area contributed by atoms with E-state index in [1.54, 1.807) is 12.7 Å². The van der Waals surface area contributed by atoms with Gasteiger partial charge in [0.25, 0.3) is 0 Å². The first-order valence-electron chi connectivity index (χ1n) is 3.80. The highest BCUT2D eigenvalue weighted by Crippen LogP contribution is 2.16. The van der Waals surface area contributed by atoms with Gasteiger partial charge in [-0.05, 0) is 6.08 Å². The normalized spacial score (nSPS) is 34.7. The zero-order valence-corrected chi connectivity index (χ0v) is 6.23. The molecule has 0 saturated carbocycles. The molecule has 5 heteroatoms. The minimum Gasteiger partial charge on any atom is -0.366 e. The monoisotopic (exact) mass is 161 g/mol. The highest BCUT2D eigenvalue weighted by atomic mass is 15.3. The van der Waals surface area contributed by atoms with Crippen LogP contribution in [0.25, 0.3) is 0 Å². The Balaban J connectivity index is 2.02. The summed E-state index contributed by atoms with van der Waals surface area (Å²) in [6, 6.07) is 0.231. The second kappa shape index (κ2) is 1.94. The molecule has 3 rings (SSSR count). The molecule has 2 N–H and O–H groups in total. The molecule has 0 saturated heterocycles. The van der Waals surface area contributed by atoms with Crippen LogP contribution in [0.1, 0.15) is 0 Å². The summed E-state index contributed by atoms with van der Waals surface area (Å²) in [5.74, 6) is 0.831. The van der Waals surface area contributed by atoms with Gasteiger partial charge in [0, 0.05) is 0 Å². The molecule has 12 heavy (non-hydrogen) atoms. The quantitative estimate of drug-likeness (QED) is 0.490. The number of hydrogen-bond donors (Lipinski definition) is 2. The Morgan fingerprint density at radius 3 is 3.42 bits per heavy atom. The minimum absolute atomic E-state index is 0.0919. The van der Waals surface area contributed by atoms with Crippen molar-refractivity contribution in [2.45, 2.75) is 12.2 Å². The molecule has 3 aliphatic heterocycles. The summed E-state index contributed by atoms with van der Waals surface area (Å²) >= 11 is 0. The largest absolute Gasteiger partial charge is 0.366 e. The van der Waals surface area contributed by atoms with Crippen molar-refractivity contribution < 1.29 is 0 Å². The average molecular weight is 161 g/mol. The van der Waals surface area contributed by atoms with Crippen molar-refractivity contribution in [2.75, 3.05) is 0 Å². The van der Waals surface area contributed by atoms with E-state index in [1.165, 1.54) is 0 Å². The molecule has 0 aromatic rings. The van der Waals surface area contributed by atoms with E-state index in [9.17, 15) is 0 Å². The van der Waals surface area contributed by atoms with Gasteiger partial charge in [-0.2, -0.15) is 0 Å². The van der Waals surface area contributed by atoms with Crippen LogP contribution in [0.5, 0.6) is 0 Å². The third kappa shape index (κ3) is 0.650. The van der Waals surface area contributed by atoms with Gasteiger partial charge < -0.3 is 10.6 Å². The number of amidine groups is 1. The fraction of sp³-hybridized carbons (Fsp3) is 0.286. The molecule has 0 aromatic heterocycles. The van der Waals surface area contributed by atoms with E-state index in [1.807, 2.05) is 6.08 Å². The smallest absolute Gasteiger partial charge is 0.155 e. The van der Waals surface area contributed by atoms with E-state index in [4.69, 9.17) is 0 Å². The van der Waals surface area contributed by atoms with Gasteiger partial charge in [0.05, 0.1) is 12.4 Å². The lowest BCUT2D eigenvalue weighted by molar-refractivity contribution is 0.562. The predicted octanol–water partition coefficient (Wildman–Crippen LogP) is -0.760. The van der Waals surface area contributed by atoms with E-state index in [2.05, 4.69) is 25.6 Å². The third-order valence-corrected chi connectivity index (χ3v) is 2.09. The molecule has 0 spiro atoms. The Morgan fingerprint density at radius 2 is 2.42 bits per heavy atom. The van der Waals surface area contributed by atoms with E-state index in [0.717, 1.165) is 11.5 Å². The van der Waals surface area contributed by atoms with Crippen LogP contribution in [0.15, 0.2) is 26.8 Å². The molecule has 5 nitrogen and oxygen atoms in total. The van der Waals surface area contributed by atoms with Crippen LogP contribution in [0.4, 0.5) is 0 Å². The molecule has 0 aliphatic carbocycles. The van der Waals surface area contributed by atoms with Gasteiger partial charge in [-0.1, -0.05) is 0 Å². The SMILES string of the molecule is C1=NC2=CC3NC=NC3NC2=N1. The Hall–Kier alpha value is -1.65. The molecular weight excluding hydrogens is 154 g/mol. The molecule has 2 atom stereocenters. The first kappa shape index (κ1) is 5.93. The van der Waals surface area contributed by atoms with E-state index >= 15 is 0 Å². The molecule has 3 heterocycles. The lowest BCUT2D eigenvalue weighted by atomic mass is 10.1. The predicted molar refractivity (Wildman–Crippen MR) is 46.3 cm³/mol. The molecule has 0 aromatic carbocycles. The summed E-state index contributed by atoms with van der Waals surface area (Å²) in [5, 5.41) is 6.29. The maximum absolute atomic E-state index is 4.19. The third-order valence-electron chi connectivity index (χ3n) is 2.09. The van der Waals surface area contributed by atoms with Gasteiger partial charge in [-0.3, -0.25) is 0 Å². The lowest BCUT2D eigenvalue weighted by Gasteiger charge is -2.22. The summed E-state index contributed by atoms with van der Waals surface area (Å²) in [4.78, 5) is 12.3. The van der Waals surface area contributed by atoms with Crippen LogP contribution in [0.3, 0.4) is 0 Å². The van der Waals surface area contributed by atoms with Crippen molar-refractivity contribution in [3.05, 3.63) is 11.8 Å². The Kier molecular flexibility index (Phi) is 0.957. The standard InChI is InChI=1S/C7H7N5/c1-4-6(10-2-8-4)12-7-5(1)9-3-11-7/h1-4,6H,(H,8,10)(H,9,11,12). The number of aliphatic imine (C=N–C) groups is 3. The average Bonchev–Trinajstić information content (AvgIpc) is 2.64. The van der Waals surface area contributed by atoms with Crippen molar-refractivity contribution in [3.8, 4) is 0 Å². The Morgan fingerprint density at radius 1 is 1.42 bits per heavy atom. The molecule has 0 radical (unpaired) electrons. The van der Waals surface area contributed by atoms with Gasteiger partial charge in [-0.25, -0.2) is 15.0 Å². The molecule has 0 bridgehead atoms. The Bertz CT molecular complexity index is 338. The molecule has 0 amide bonds. The van der Waals surface area contributed by atoms with E-state index < -0.39 is 0 Å². The van der Waals surface area contributed by atoms with Gasteiger partial charge in [0.1, 0.15) is 18.2 Å². The minimum atomic E-state index is 0.0919. The molecular formula is C7H7N5. The molecule has 2 unspecified atom stereocenters. The number of fused-ring (bicyclic) bond motifs is 2. The fourth-order valence-corrected chi connectivity index (χ4v) is 1.48. The topological polar surface area (TPSA) is 61.1 Å². The molecule has 3 aliphatic rings. The first-order valence-corrected chi connectivity index (χ1v) is 3.80. The van der Waals surface area contributed by atoms with E-state index in [0.29, 0.717) is 0 Å². The second-order valence-electron chi connectivity index (χ2n) is 2.83. The van der Waals surface area contributed by atoms with Gasteiger partial charge in [-0.15, -0.1) is 0 Å². The highest BCUT2D eigenvalue weighted by Gasteiger charge is 2.30. The fourth-order valence-electron chi connectivity index (χ4n) is 1.48. The second-order valence-corrected chi connectivity index (χ2v) is 2.83. The van der Waals surface area contributed by atoms with Crippen molar-refractivity contribution in [1.29, 1.82) is 0 Å². The zero-order chi connectivity index (χ0) is 7.97. The summed E-state index contributed by atoms with van der Waals surface area (Å²) in [5.41, 5.74) is 0.911. The van der Waals surface area contributed by atoms with Crippen molar-refractivity contribution in [3.63, 3.8) is 0 Å². The summed E-state index contributed by atoms with van der Waals surface area (Å²) in [6.07, 6.45) is 5.40. The van der Waals surface area contributed by atoms with Gasteiger partial charge >= 0.3 is 0 Å². The van der Waals surface area contributed by atoms with Gasteiger partial charge in [0.15, 0.2) is 5.84 Å². The number of nitrogens with zero attached hydrogens (tertiary/aromatic N) is 3. The zero-order valence-electron chi connectivity index (χ0n) is 6.23. The van der Waals surface area contributed by atoms with Crippen LogP contribution in [-0.4, -0.2) is 30.7 Å². The van der Waals surface area contributed by atoms with Gasteiger partial charge in [0.2, 0.25) is 0 Å². The van der Waals surface area contributed by atoms with E-state index in [-0.39, 0.29) is 12.2 Å². The first-order chi connectivity index (χ1) is 5.93. The lowest BCUT2D eigenvalue weighted by Crippen LogP contribution is -2.47. The molecule has 60 valence electrons. The number of rotatable bonds is 0. The number of nitrogens with one attached hydrogen (secondary N) is 2. The van der Waals surface area contributed by atoms with Crippen molar-refractivity contribution >= 4 is 18.5 Å². The van der Waals surface area contributed by atoms with Crippen molar-refractivity contribution in [2.24, 2.45) is 15.0 Å². The van der Waals surface area contributed by atoms with Crippen LogP contribution in [-0.2, 0) is 0 Å². The van der Waals surface area contributed by atoms with Crippen LogP contribution in [0, 0.1) is 0 Å². The van der Waals surface area contributed by atoms with Crippen LogP contribution in [0.2, 0.25) is 0 Å². The summed E-state index contributed by atoms with van der Waals surface area (Å²) in [6.45, 7) is 0. The maximum atomic E-state index is 4.19. The van der Waals surface area contributed by atoms with Crippen LogP contribution >= 0.6 is 0 Å². The Labute approximate surface area is 69.0 Å². The van der Waals surface area contributed by atoms with Crippen LogP contribution < -0.4 is 10.6 Å². The summed E-state index contributed by atoms with van der Waals surface area (Å²) in [7, 11) is 0. The highest BCUT2D eigenvalue weighted by molar-refractivity contribution is 6.07. The number of hydrogen-bond acceptors (Lipinski definition) is 5. The molecule has 0 fully saturated rings. The maximum Gasteiger partial charge on any atom is 0.155 e. The van der Waals surface area contributed by atoms with Crippen molar-refractivity contribution in [1.82, 2.24) is 10.6 Å².